The average Bonchev–Trinajstić information content (AvgIpc) is 3.43. The fraction of sp³-hybridized carbons (Fsp3) is 0. The number of pyridine rings is 4. The molecule has 0 unspecified atom stereocenters. The van der Waals surface area contributed by atoms with Gasteiger partial charge in [0.15, 0.2) is 0 Å². The standard InChI is InChI=1S/C61H40N6O2S2/c68-61(69)44-33-35-63-50(39-44)47-10-9-11-48(64-47)51-37-43(23-21-41-26-30-46(31-27-41)67-55-14-3-7-18-59(55)71-60-19-8-4-15-56(60)67)38-52(65-51)49-36-42(32-34-62-49)22-20-40-24-28-45(29-25-40)66-53-12-1-5-16-57(53)70-58-17-6-2-13-54(58)66/h1-39H,(H,68,69)/b22-20+,23-21+. The van der Waals surface area contributed by atoms with Gasteiger partial charge in [-0.2, -0.15) is 0 Å². The van der Waals surface area contributed by atoms with Crippen LogP contribution in [0, 0.1) is 0 Å². The van der Waals surface area contributed by atoms with Crippen LogP contribution in [0.4, 0.5) is 34.1 Å². The number of carbonyl (C=O) groups is 1. The van der Waals surface area contributed by atoms with E-state index in [0.717, 1.165) is 45.0 Å². The molecule has 0 amide bonds. The minimum Gasteiger partial charge on any atom is -0.478 e. The normalized spacial score (nSPS) is 12.6. The second kappa shape index (κ2) is 18.9. The van der Waals surface area contributed by atoms with Crippen molar-refractivity contribution in [3.8, 4) is 34.2 Å². The highest BCUT2D eigenvalue weighted by Gasteiger charge is 2.25. The van der Waals surface area contributed by atoms with Crippen molar-refractivity contribution in [3.05, 3.63) is 240 Å². The van der Waals surface area contributed by atoms with Crippen LogP contribution in [-0.4, -0.2) is 31.0 Å². The van der Waals surface area contributed by atoms with Crippen molar-refractivity contribution >= 4 is 87.9 Å². The number of aromatic nitrogens is 4. The van der Waals surface area contributed by atoms with Gasteiger partial charge in [0.25, 0.3) is 0 Å². The van der Waals surface area contributed by atoms with Gasteiger partial charge in [0.1, 0.15) is 0 Å². The summed E-state index contributed by atoms with van der Waals surface area (Å²) in [6.07, 6.45) is 11.7. The number of hydrogen-bond acceptors (Lipinski definition) is 9. The van der Waals surface area contributed by atoms with E-state index in [0.29, 0.717) is 34.2 Å². The number of rotatable bonds is 10. The Bertz CT molecular complexity index is 3630. The number of hydrogen-bond donors (Lipinski definition) is 1. The van der Waals surface area contributed by atoms with E-state index in [4.69, 9.17) is 15.0 Å². The van der Waals surface area contributed by atoms with Crippen LogP contribution in [0.25, 0.3) is 58.5 Å². The maximum absolute atomic E-state index is 11.8. The van der Waals surface area contributed by atoms with Gasteiger partial charge >= 0.3 is 5.97 Å². The number of carboxylic acids is 1. The highest BCUT2D eigenvalue weighted by molar-refractivity contribution is 8.00. The number of fused-ring (bicyclic) bond motifs is 4. The molecule has 0 bridgehead atoms. The lowest BCUT2D eigenvalue weighted by atomic mass is 10.1. The highest BCUT2D eigenvalue weighted by atomic mass is 32.2. The van der Waals surface area contributed by atoms with E-state index in [1.807, 2.05) is 48.7 Å². The van der Waals surface area contributed by atoms with Crippen LogP contribution in [-0.2, 0) is 0 Å². The summed E-state index contributed by atoms with van der Waals surface area (Å²) in [6.45, 7) is 0. The first-order valence-corrected chi connectivity index (χ1v) is 24.6. The molecule has 2 aliphatic heterocycles. The van der Waals surface area contributed by atoms with Crippen molar-refractivity contribution in [2.45, 2.75) is 19.6 Å². The van der Waals surface area contributed by atoms with Gasteiger partial charge < -0.3 is 14.9 Å². The fourth-order valence-corrected chi connectivity index (χ4v) is 11.0. The molecule has 338 valence electrons. The number of carboxylic acid groups (broad SMARTS) is 1. The van der Waals surface area contributed by atoms with Crippen LogP contribution in [0.3, 0.4) is 0 Å². The number of nitrogens with zero attached hydrogens (tertiary/aromatic N) is 6. The van der Waals surface area contributed by atoms with Crippen molar-refractivity contribution < 1.29 is 9.90 Å². The Hall–Kier alpha value is -8.83. The third kappa shape index (κ3) is 8.89. The van der Waals surface area contributed by atoms with Gasteiger partial charge in [-0.25, -0.2) is 14.8 Å². The molecule has 2 aliphatic rings. The van der Waals surface area contributed by atoms with Crippen molar-refractivity contribution in [3.63, 3.8) is 0 Å². The molecule has 1 N–H and O–H groups in total. The Kier molecular flexibility index (Phi) is 11.6. The maximum Gasteiger partial charge on any atom is 0.335 e. The van der Waals surface area contributed by atoms with Crippen LogP contribution < -0.4 is 9.80 Å². The van der Waals surface area contributed by atoms with Crippen LogP contribution in [0.1, 0.15) is 32.6 Å². The van der Waals surface area contributed by atoms with Gasteiger partial charge in [-0.05, 0) is 144 Å². The molecule has 71 heavy (non-hydrogen) atoms. The second-order valence-corrected chi connectivity index (χ2v) is 19.1. The van der Waals surface area contributed by atoms with E-state index in [-0.39, 0.29) is 5.56 Å². The Morgan fingerprint density at radius 2 is 0.775 bits per heavy atom. The van der Waals surface area contributed by atoms with Crippen LogP contribution in [0.2, 0.25) is 0 Å². The van der Waals surface area contributed by atoms with Gasteiger partial charge in [-0.15, -0.1) is 0 Å². The molecule has 0 aliphatic carbocycles. The predicted octanol–water partition coefficient (Wildman–Crippen LogP) is 16.2. The van der Waals surface area contributed by atoms with Gasteiger partial charge in [-0.1, -0.05) is 127 Å². The molecule has 6 heterocycles. The molecular formula is C61H40N6O2S2. The van der Waals surface area contributed by atoms with Crippen LogP contribution in [0.15, 0.2) is 232 Å². The fourth-order valence-electron chi connectivity index (χ4n) is 8.84. The summed E-state index contributed by atoms with van der Waals surface area (Å²) in [5, 5.41) is 9.68. The van der Waals surface area contributed by atoms with Gasteiger partial charge in [-0.3, -0.25) is 9.97 Å². The molecule has 0 saturated carbocycles. The average molecular weight is 953 g/mol. The molecule has 6 aromatic carbocycles. The summed E-state index contributed by atoms with van der Waals surface area (Å²) in [7, 11) is 0. The van der Waals surface area contributed by atoms with E-state index in [2.05, 4.69) is 185 Å². The first-order chi connectivity index (χ1) is 35.0. The minimum absolute atomic E-state index is 0.137. The molecule has 12 rings (SSSR count). The molecule has 0 radical (unpaired) electrons. The molecule has 4 aromatic heterocycles. The molecule has 10 aromatic rings. The van der Waals surface area contributed by atoms with Gasteiger partial charge in [0.2, 0.25) is 0 Å². The molecular weight excluding hydrogens is 913 g/mol. The predicted molar refractivity (Wildman–Crippen MR) is 289 cm³/mol. The number of aromatic carboxylic acids is 1. The molecule has 0 fully saturated rings. The molecule has 0 saturated heterocycles. The monoisotopic (exact) mass is 952 g/mol. The van der Waals surface area contributed by atoms with E-state index < -0.39 is 5.97 Å². The zero-order chi connectivity index (χ0) is 47.7. The zero-order valence-electron chi connectivity index (χ0n) is 37.9. The first-order valence-electron chi connectivity index (χ1n) is 23.0. The maximum atomic E-state index is 11.8. The Morgan fingerprint density at radius 3 is 1.28 bits per heavy atom. The number of para-hydroxylation sites is 4. The van der Waals surface area contributed by atoms with E-state index >= 15 is 0 Å². The van der Waals surface area contributed by atoms with E-state index in [9.17, 15) is 9.90 Å². The van der Waals surface area contributed by atoms with Crippen LogP contribution in [0.5, 0.6) is 0 Å². The largest absolute Gasteiger partial charge is 0.478 e. The summed E-state index contributed by atoms with van der Waals surface area (Å²) in [5.41, 5.74) is 14.6. The third-order valence-corrected chi connectivity index (χ3v) is 14.5. The highest BCUT2D eigenvalue weighted by Crippen LogP contribution is 2.52. The Morgan fingerprint density at radius 1 is 0.380 bits per heavy atom. The van der Waals surface area contributed by atoms with E-state index in [1.165, 1.54) is 49.3 Å². The number of benzene rings is 6. The Labute approximate surface area is 419 Å². The second-order valence-electron chi connectivity index (χ2n) is 16.9. The smallest absolute Gasteiger partial charge is 0.335 e. The summed E-state index contributed by atoms with van der Waals surface area (Å²) >= 11 is 3.60. The first kappa shape index (κ1) is 43.5. The SMILES string of the molecule is O=C(O)c1ccnc(-c2cccc(-c3cc(/C=C/c4ccc(N5c6ccccc6Sc6ccccc65)cc4)cc(-c4cc(/C=C/c5ccc(N6c7ccccc7Sc7ccccc76)cc5)ccn4)n3)n2)c1. The molecule has 10 heteroatoms. The van der Waals surface area contributed by atoms with Gasteiger partial charge in [0.05, 0.1) is 62.5 Å². The quantitative estimate of drug-likeness (QED) is 0.143. The summed E-state index contributed by atoms with van der Waals surface area (Å²) in [5.74, 6) is -1.03. The minimum atomic E-state index is -1.03. The van der Waals surface area contributed by atoms with Crippen molar-refractivity contribution in [1.29, 1.82) is 0 Å². The summed E-state index contributed by atoms with van der Waals surface area (Å²) in [6, 6.07) is 68.1. The molecule has 0 atom stereocenters. The number of anilines is 6. The lowest BCUT2D eigenvalue weighted by Crippen LogP contribution is -2.14. The van der Waals surface area contributed by atoms with Crippen LogP contribution >= 0.6 is 23.5 Å². The zero-order valence-corrected chi connectivity index (χ0v) is 39.5. The summed E-state index contributed by atoms with van der Waals surface area (Å²) < 4.78 is 0. The molecule has 8 nitrogen and oxygen atoms in total. The lowest BCUT2D eigenvalue weighted by molar-refractivity contribution is 0.0696. The van der Waals surface area contributed by atoms with Crippen molar-refractivity contribution in [1.82, 2.24) is 19.9 Å². The van der Waals surface area contributed by atoms with Crippen molar-refractivity contribution in [2.24, 2.45) is 0 Å². The Balaban J connectivity index is 0.857. The summed E-state index contributed by atoms with van der Waals surface area (Å²) in [4.78, 5) is 40.7. The van der Waals surface area contributed by atoms with Gasteiger partial charge in [0, 0.05) is 43.4 Å². The topological polar surface area (TPSA) is 95.3 Å². The third-order valence-electron chi connectivity index (χ3n) is 12.3. The molecule has 0 spiro atoms. The van der Waals surface area contributed by atoms with E-state index in [1.54, 1.807) is 23.5 Å². The lowest BCUT2D eigenvalue weighted by Gasteiger charge is -2.32. The van der Waals surface area contributed by atoms with Crippen molar-refractivity contribution in [2.75, 3.05) is 9.80 Å².